The van der Waals surface area contributed by atoms with E-state index in [1.165, 1.54) is 31.4 Å². The minimum atomic E-state index is -0.384. The zero-order valence-corrected chi connectivity index (χ0v) is 13.3. The summed E-state index contributed by atoms with van der Waals surface area (Å²) in [6.07, 6.45) is 0.937. The molecule has 1 aromatic carbocycles. The summed E-state index contributed by atoms with van der Waals surface area (Å²) in [5.41, 5.74) is 0.413. The average molecular weight is 310 g/mol. The van der Waals surface area contributed by atoms with Gasteiger partial charge in [0.2, 0.25) is 0 Å². The molecule has 0 bridgehead atoms. The van der Waals surface area contributed by atoms with Crippen LogP contribution >= 0.6 is 0 Å². The molecule has 0 aliphatic rings. The Balaban J connectivity index is 2.71. The molecule has 6 heteroatoms. The highest BCUT2D eigenvalue weighted by atomic mass is 19.1. The Morgan fingerprint density at radius 3 is 2.27 bits per heavy atom. The van der Waals surface area contributed by atoms with Crippen LogP contribution in [0.15, 0.2) is 24.3 Å². The van der Waals surface area contributed by atoms with E-state index in [1.807, 2.05) is 19.0 Å². The van der Waals surface area contributed by atoms with E-state index in [0.29, 0.717) is 12.1 Å². The topological polar surface area (TPSA) is 49.9 Å². The highest BCUT2D eigenvalue weighted by molar-refractivity contribution is 5.94. The van der Waals surface area contributed by atoms with Crippen molar-refractivity contribution >= 4 is 11.9 Å². The number of hydrogen-bond donors (Lipinski definition) is 0. The molecule has 0 unspecified atom stereocenters. The molecule has 0 saturated heterocycles. The fraction of sp³-hybridized carbons (Fsp3) is 0.500. The maximum Gasteiger partial charge on any atom is 0.307 e. The molecule has 0 saturated carbocycles. The lowest BCUT2D eigenvalue weighted by Crippen LogP contribution is -2.35. The molecule has 0 fully saturated rings. The number of halogens is 1. The molecule has 0 aromatic heterocycles. The van der Waals surface area contributed by atoms with E-state index in [0.717, 1.165) is 13.0 Å². The second-order valence-electron chi connectivity index (χ2n) is 5.28. The smallest absolute Gasteiger partial charge is 0.307 e. The Bertz CT molecular complexity index is 489. The number of methoxy groups -OCH3 is 1. The largest absolute Gasteiger partial charge is 0.469 e. The lowest BCUT2D eigenvalue weighted by Gasteiger charge is -2.23. The number of nitrogens with zero attached hydrogens (tertiary/aromatic N) is 2. The van der Waals surface area contributed by atoms with Gasteiger partial charge < -0.3 is 14.5 Å². The molecule has 0 atom stereocenters. The number of carbonyl (C=O) groups is 2. The first-order valence-electron chi connectivity index (χ1n) is 7.20. The molecule has 1 aromatic rings. The molecular weight excluding hydrogens is 287 g/mol. The molecule has 0 spiro atoms. The molecule has 0 aliphatic heterocycles. The van der Waals surface area contributed by atoms with Gasteiger partial charge in [-0.15, -0.1) is 0 Å². The summed E-state index contributed by atoms with van der Waals surface area (Å²) in [6.45, 7) is 1.66. The third-order valence-electron chi connectivity index (χ3n) is 3.23. The van der Waals surface area contributed by atoms with Crippen molar-refractivity contribution in [3.8, 4) is 0 Å². The quantitative estimate of drug-likeness (QED) is 0.687. The Kier molecular flexibility index (Phi) is 7.52. The van der Waals surface area contributed by atoms with Crippen LogP contribution in [0.25, 0.3) is 0 Å². The van der Waals surface area contributed by atoms with Crippen LogP contribution in [0.5, 0.6) is 0 Å². The Hall–Kier alpha value is -1.95. The number of hydrogen-bond acceptors (Lipinski definition) is 4. The van der Waals surface area contributed by atoms with Gasteiger partial charge in [-0.2, -0.15) is 0 Å². The van der Waals surface area contributed by atoms with E-state index in [-0.39, 0.29) is 30.7 Å². The summed E-state index contributed by atoms with van der Waals surface area (Å²) in [5, 5.41) is 0. The number of ether oxygens (including phenoxy) is 1. The molecule has 0 aliphatic carbocycles. The van der Waals surface area contributed by atoms with Gasteiger partial charge in [0.05, 0.1) is 13.5 Å². The summed E-state index contributed by atoms with van der Waals surface area (Å²) in [7, 11) is 5.24. The Labute approximate surface area is 130 Å². The van der Waals surface area contributed by atoms with Crippen LogP contribution < -0.4 is 0 Å². The minimum Gasteiger partial charge on any atom is -0.469 e. The Morgan fingerprint density at radius 1 is 1.09 bits per heavy atom. The number of carbonyl (C=O) groups excluding carboxylic acids is 2. The third-order valence-corrected chi connectivity index (χ3v) is 3.23. The summed E-state index contributed by atoms with van der Waals surface area (Å²) >= 11 is 0. The van der Waals surface area contributed by atoms with Crippen molar-refractivity contribution in [1.29, 1.82) is 0 Å². The number of amides is 1. The third kappa shape index (κ3) is 6.22. The van der Waals surface area contributed by atoms with Gasteiger partial charge in [0.15, 0.2) is 0 Å². The predicted octanol–water partition coefficient (Wildman–Crippen LogP) is 1.78. The second kappa shape index (κ2) is 9.15. The van der Waals surface area contributed by atoms with Crippen LogP contribution in [0, 0.1) is 5.82 Å². The SMILES string of the molecule is COC(=O)CCN(CCCN(C)C)C(=O)c1ccc(F)cc1. The highest BCUT2D eigenvalue weighted by Gasteiger charge is 2.17. The van der Waals surface area contributed by atoms with Crippen molar-refractivity contribution in [2.45, 2.75) is 12.8 Å². The van der Waals surface area contributed by atoms with E-state index in [2.05, 4.69) is 4.74 Å². The van der Waals surface area contributed by atoms with Gasteiger partial charge in [0, 0.05) is 18.7 Å². The van der Waals surface area contributed by atoms with Crippen molar-refractivity contribution in [2.75, 3.05) is 40.8 Å². The first-order chi connectivity index (χ1) is 10.4. The first kappa shape index (κ1) is 18.1. The molecule has 22 heavy (non-hydrogen) atoms. The molecule has 0 radical (unpaired) electrons. The van der Waals surface area contributed by atoms with Crippen LogP contribution in [-0.2, 0) is 9.53 Å². The van der Waals surface area contributed by atoms with Crippen LogP contribution in [0.1, 0.15) is 23.2 Å². The van der Waals surface area contributed by atoms with Gasteiger partial charge in [-0.05, 0) is 51.3 Å². The average Bonchev–Trinajstić information content (AvgIpc) is 2.50. The second-order valence-corrected chi connectivity index (χ2v) is 5.28. The van der Waals surface area contributed by atoms with Gasteiger partial charge in [0.1, 0.15) is 5.82 Å². The molecular formula is C16H23FN2O3. The minimum absolute atomic E-state index is 0.144. The predicted molar refractivity (Wildman–Crippen MR) is 82.1 cm³/mol. The van der Waals surface area contributed by atoms with Crippen molar-refractivity contribution in [2.24, 2.45) is 0 Å². The molecule has 122 valence electrons. The molecule has 0 N–H and O–H groups in total. The summed E-state index contributed by atoms with van der Waals surface area (Å²) in [5.74, 6) is -0.947. The van der Waals surface area contributed by atoms with Gasteiger partial charge in [-0.1, -0.05) is 0 Å². The fourth-order valence-electron chi connectivity index (χ4n) is 2.00. The highest BCUT2D eigenvalue weighted by Crippen LogP contribution is 2.08. The maximum absolute atomic E-state index is 13.0. The van der Waals surface area contributed by atoms with Crippen LogP contribution in [-0.4, -0.2) is 62.5 Å². The van der Waals surface area contributed by atoms with Gasteiger partial charge in [-0.3, -0.25) is 9.59 Å². The molecule has 5 nitrogen and oxygen atoms in total. The van der Waals surface area contributed by atoms with E-state index in [9.17, 15) is 14.0 Å². The van der Waals surface area contributed by atoms with E-state index in [4.69, 9.17) is 0 Å². The van der Waals surface area contributed by atoms with Gasteiger partial charge >= 0.3 is 5.97 Å². The van der Waals surface area contributed by atoms with Crippen molar-refractivity contribution in [1.82, 2.24) is 9.80 Å². The standard InChI is InChI=1S/C16H23FN2O3/c1-18(2)10-4-11-19(12-9-15(20)22-3)16(21)13-5-7-14(17)8-6-13/h5-8H,4,9-12H2,1-3H3. The number of benzene rings is 1. The van der Waals surface area contributed by atoms with Gasteiger partial charge in [0.25, 0.3) is 5.91 Å². The lowest BCUT2D eigenvalue weighted by molar-refractivity contribution is -0.140. The fourth-order valence-corrected chi connectivity index (χ4v) is 2.00. The summed E-state index contributed by atoms with van der Waals surface area (Å²) < 4.78 is 17.6. The zero-order valence-electron chi connectivity index (χ0n) is 13.3. The van der Waals surface area contributed by atoms with Gasteiger partial charge in [-0.25, -0.2) is 4.39 Å². The van der Waals surface area contributed by atoms with E-state index < -0.39 is 0 Å². The van der Waals surface area contributed by atoms with Crippen molar-refractivity contribution in [3.63, 3.8) is 0 Å². The zero-order chi connectivity index (χ0) is 16.5. The summed E-state index contributed by atoms with van der Waals surface area (Å²) in [6, 6.07) is 5.42. The van der Waals surface area contributed by atoms with Crippen LogP contribution in [0.2, 0.25) is 0 Å². The summed E-state index contributed by atoms with van der Waals surface area (Å²) in [4.78, 5) is 27.4. The maximum atomic E-state index is 13.0. The van der Waals surface area contributed by atoms with Crippen LogP contribution in [0.4, 0.5) is 4.39 Å². The monoisotopic (exact) mass is 310 g/mol. The first-order valence-corrected chi connectivity index (χ1v) is 7.20. The molecule has 1 amide bonds. The van der Waals surface area contributed by atoms with E-state index >= 15 is 0 Å². The number of esters is 1. The number of rotatable bonds is 8. The molecule has 0 heterocycles. The molecule has 1 rings (SSSR count). The lowest BCUT2D eigenvalue weighted by atomic mass is 10.2. The van der Waals surface area contributed by atoms with Crippen LogP contribution in [0.3, 0.4) is 0 Å². The Morgan fingerprint density at radius 2 is 1.73 bits per heavy atom. The van der Waals surface area contributed by atoms with Crippen molar-refractivity contribution < 1.29 is 18.7 Å². The normalized spacial score (nSPS) is 10.6. The van der Waals surface area contributed by atoms with Crippen molar-refractivity contribution in [3.05, 3.63) is 35.6 Å². The van der Waals surface area contributed by atoms with E-state index in [1.54, 1.807) is 4.90 Å².